The monoisotopic (exact) mass is 619 g/mol. The maximum Gasteiger partial charge on any atom is 0.416 e. The molecule has 0 unspecified atom stereocenters. The number of aromatic hydroxyl groups is 1. The lowest BCUT2D eigenvalue weighted by molar-refractivity contribution is -0.158. The smallest absolute Gasteiger partial charge is 0.416 e. The minimum atomic E-state index is -4.45. The second kappa shape index (κ2) is 15.7. The number of alkyl halides is 3. The second-order valence-electron chi connectivity index (χ2n) is 10.7. The van der Waals surface area contributed by atoms with Crippen LogP contribution in [0.4, 0.5) is 17.6 Å². The van der Waals surface area contributed by atoms with Crippen molar-refractivity contribution in [3.8, 4) is 11.5 Å². The first-order valence-corrected chi connectivity index (χ1v) is 14.2. The van der Waals surface area contributed by atoms with Crippen LogP contribution in [0.15, 0.2) is 60.8 Å². The van der Waals surface area contributed by atoms with E-state index in [0.717, 1.165) is 17.7 Å². The fourth-order valence-electron chi connectivity index (χ4n) is 5.24. The Kier molecular flexibility index (Phi) is 12.3. The van der Waals surface area contributed by atoms with Gasteiger partial charge in [-0.2, -0.15) is 13.2 Å². The molecule has 2 aromatic carbocycles. The summed E-state index contributed by atoms with van der Waals surface area (Å²) in [5, 5.41) is 10.3. The molecule has 1 aromatic heterocycles. The summed E-state index contributed by atoms with van der Waals surface area (Å²) in [7, 11) is 2.71. The van der Waals surface area contributed by atoms with E-state index in [1.165, 1.54) is 50.7 Å². The number of hydrogen-bond donors (Lipinski definition) is 1. The summed E-state index contributed by atoms with van der Waals surface area (Å²) in [5.74, 6) is -3.52. The summed E-state index contributed by atoms with van der Waals surface area (Å²) < 4.78 is 69.1. The van der Waals surface area contributed by atoms with Gasteiger partial charge in [-0.25, -0.2) is 9.37 Å². The van der Waals surface area contributed by atoms with E-state index in [0.29, 0.717) is 24.8 Å². The van der Waals surface area contributed by atoms with Crippen molar-refractivity contribution in [2.45, 2.75) is 51.8 Å². The van der Waals surface area contributed by atoms with Gasteiger partial charge in [0.05, 0.1) is 25.2 Å². The van der Waals surface area contributed by atoms with Crippen molar-refractivity contribution < 1.29 is 46.5 Å². The summed E-state index contributed by atoms with van der Waals surface area (Å²) in [6.07, 6.45) is -2.73. The average molecular weight is 620 g/mol. The molecule has 3 aromatic rings. The third-order valence-corrected chi connectivity index (χ3v) is 7.70. The standard InChI is InChI=1S/C33H37F4NO6/c1-5-23(16-21-6-10-25(11-7-21)33(35,36)37)27(17-22-8-12-26(34)13-9-22)20(2)44-32(41)24(19-42-3)18-28(39)30-31(40)29(43-4)14-15-38-30/h6-15,20,23-24,27,40H,5,16-19H2,1-4H3/t20-,23+,24-,27-/m0/s1. The van der Waals surface area contributed by atoms with Crippen molar-refractivity contribution in [1.82, 2.24) is 4.98 Å². The second-order valence-corrected chi connectivity index (χ2v) is 10.7. The number of methoxy groups -OCH3 is 2. The van der Waals surface area contributed by atoms with Crippen LogP contribution >= 0.6 is 0 Å². The van der Waals surface area contributed by atoms with Gasteiger partial charge in [-0.05, 0) is 61.1 Å². The van der Waals surface area contributed by atoms with Gasteiger partial charge < -0.3 is 19.3 Å². The number of esters is 1. The van der Waals surface area contributed by atoms with E-state index in [2.05, 4.69) is 4.98 Å². The highest BCUT2D eigenvalue weighted by Crippen LogP contribution is 2.33. The number of Topliss-reactive ketones (excluding diaryl/α,β-unsaturated/α-hetero) is 1. The van der Waals surface area contributed by atoms with Gasteiger partial charge >= 0.3 is 12.1 Å². The van der Waals surface area contributed by atoms with Crippen LogP contribution < -0.4 is 4.74 Å². The fraction of sp³-hybridized carbons (Fsp3) is 0.424. The van der Waals surface area contributed by atoms with E-state index >= 15 is 0 Å². The maximum atomic E-state index is 13.6. The van der Waals surface area contributed by atoms with E-state index in [9.17, 15) is 32.3 Å². The molecule has 0 spiro atoms. The SMILES string of the molecule is CC[C@H](Cc1ccc(C(F)(F)F)cc1)[C@@H](Cc1ccc(F)cc1)[C@H](C)OC(=O)[C@H](COC)CC(=O)c1nccc(OC)c1O. The number of halogens is 4. The molecule has 0 amide bonds. The first-order valence-electron chi connectivity index (χ1n) is 14.2. The molecule has 0 bridgehead atoms. The van der Waals surface area contributed by atoms with Crippen LogP contribution in [0.25, 0.3) is 0 Å². The highest BCUT2D eigenvalue weighted by atomic mass is 19.4. The number of ketones is 1. The first kappa shape index (κ1) is 34.5. The minimum absolute atomic E-state index is 0.0603. The maximum absolute atomic E-state index is 13.6. The number of carbonyl (C=O) groups is 2. The normalized spacial score (nSPS) is 14.4. The number of hydrogen-bond acceptors (Lipinski definition) is 7. The summed E-state index contributed by atoms with van der Waals surface area (Å²) in [4.78, 5) is 30.3. The van der Waals surface area contributed by atoms with Crippen molar-refractivity contribution in [3.63, 3.8) is 0 Å². The first-order chi connectivity index (χ1) is 20.9. The van der Waals surface area contributed by atoms with E-state index in [4.69, 9.17) is 14.2 Å². The summed E-state index contributed by atoms with van der Waals surface area (Å²) in [6, 6.07) is 12.3. The van der Waals surface area contributed by atoms with Gasteiger partial charge in [0.25, 0.3) is 0 Å². The van der Waals surface area contributed by atoms with E-state index in [1.807, 2.05) is 6.92 Å². The summed E-state index contributed by atoms with van der Waals surface area (Å²) >= 11 is 0. The Morgan fingerprint density at radius 1 is 0.955 bits per heavy atom. The number of pyridine rings is 1. The van der Waals surface area contributed by atoms with Crippen molar-refractivity contribution in [2.75, 3.05) is 20.8 Å². The van der Waals surface area contributed by atoms with Gasteiger partial charge in [0.1, 0.15) is 11.9 Å². The van der Waals surface area contributed by atoms with Crippen molar-refractivity contribution in [3.05, 3.63) is 89.0 Å². The topological polar surface area (TPSA) is 95.0 Å². The number of nitrogens with zero attached hydrogens (tertiary/aromatic N) is 1. The molecule has 3 rings (SSSR count). The van der Waals surface area contributed by atoms with Crippen LogP contribution in [0, 0.1) is 23.6 Å². The van der Waals surface area contributed by atoms with Crippen LogP contribution in [-0.4, -0.2) is 48.8 Å². The van der Waals surface area contributed by atoms with Crippen LogP contribution in [0.5, 0.6) is 11.5 Å². The molecule has 0 radical (unpaired) electrons. The quantitative estimate of drug-likeness (QED) is 0.113. The van der Waals surface area contributed by atoms with E-state index < -0.39 is 47.1 Å². The van der Waals surface area contributed by atoms with Crippen LogP contribution in [0.1, 0.15) is 53.9 Å². The minimum Gasteiger partial charge on any atom is -0.503 e. The van der Waals surface area contributed by atoms with Gasteiger partial charge in [0, 0.05) is 31.7 Å². The van der Waals surface area contributed by atoms with Crippen LogP contribution in [0.3, 0.4) is 0 Å². The highest BCUT2D eigenvalue weighted by Gasteiger charge is 2.34. The summed E-state index contributed by atoms with van der Waals surface area (Å²) in [6.45, 7) is 3.54. The molecule has 1 heterocycles. The summed E-state index contributed by atoms with van der Waals surface area (Å²) in [5.41, 5.74) is 0.507. The number of aromatic nitrogens is 1. The molecule has 0 saturated heterocycles. The molecular weight excluding hydrogens is 582 g/mol. The van der Waals surface area contributed by atoms with Gasteiger partial charge in [-0.1, -0.05) is 37.6 Å². The molecule has 0 aliphatic heterocycles. The Labute approximate surface area is 254 Å². The van der Waals surface area contributed by atoms with Crippen LogP contribution in [0.2, 0.25) is 0 Å². The van der Waals surface area contributed by atoms with Gasteiger partial charge in [-0.3, -0.25) is 9.59 Å². The molecule has 4 atom stereocenters. The zero-order valence-electron chi connectivity index (χ0n) is 25.1. The lowest BCUT2D eigenvalue weighted by Crippen LogP contribution is -2.36. The van der Waals surface area contributed by atoms with Gasteiger partial charge in [0.15, 0.2) is 23.0 Å². The zero-order chi connectivity index (χ0) is 32.4. The van der Waals surface area contributed by atoms with Gasteiger partial charge in [0.2, 0.25) is 0 Å². The Morgan fingerprint density at radius 3 is 2.14 bits per heavy atom. The Morgan fingerprint density at radius 2 is 1.57 bits per heavy atom. The third-order valence-electron chi connectivity index (χ3n) is 7.70. The van der Waals surface area contributed by atoms with E-state index in [1.54, 1.807) is 19.1 Å². The number of benzene rings is 2. The molecule has 7 nitrogen and oxygen atoms in total. The average Bonchev–Trinajstić information content (AvgIpc) is 2.99. The Hall–Kier alpha value is -3.99. The van der Waals surface area contributed by atoms with Gasteiger partial charge in [-0.15, -0.1) is 0 Å². The number of ether oxygens (including phenoxy) is 3. The number of rotatable bonds is 15. The number of carbonyl (C=O) groups excluding carboxylic acids is 2. The predicted molar refractivity (Wildman–Crippen MR) is 155 cm³/mol. The largest absolute Gasteiger partial charge is 0.503 e. The molecule has 0 aliphatic carbocycles. The van der Waals surface area contributed by atoms with E-state index in [-0.39, 0.29) is 36.3 Å². The predicted octanol–water partition coefficient (Wildman–Crippen LogP) is 6.85. The molecule has 44 heavy (non-hydrogen) atoms. The zero-order valence-corrected chi connectivity index (χ0v) is 25.1. The van der Waals surface area contributed by atoms with Crippen molar-refractivity contribution >= 4 is 11.8 Å². The molecule has 238 valence electrons. The molecular formula is C33H37F4NO6. The Bertz CT molecular complexity index is 1380. The van der Waals surface area contributed by atoms with Crippen molar-refractivity contribution in [1.29, 1.82) is 0 Å². The molecule has 0 saturated carbocycles. The van der Waals surface area contributed by atoms with Crippen molar-refractivity contribution in [2.24, 2.45) is 17.8 Å². The molecule has 1 N–H and O–H groups in total. The van der Waals surface area contributed by atoms with Crippen LogP contribution in [-0.2, 0) is 33.3 Å². The third kappa shape index (κ3) is 9.25. The highest BCUT2D eigenvalue weighted by molar-refractivity contribution is 5.99. The lowest BCUT2D eigenvalue weighted by atomic mass is 9.78. The molecule has 0 fully saturated rings. The molecule has 11 heteroatoms. The molecule has 0 aliphatic rings. The fourth-order valence-corrected chi connectivity index (χ4v) is 5.24. The Balaban J connectivity index is 1.83. The lowest BCUT2D eigenvalue weighted by Gasteiger charge is -2.32.